The first-order valence-corrected chi connectivity index (χ1v) is 9.53. The van der Waals surface area contributed by atoms with E-state index in [2.05, 4.69) is 31.4 Å². The highest BCUT2D eigenvalue weighted by Crippen LogP contribution is 2.07. The van der Waals surface area contributed by atoms with Crippen LogP contribution in [0.25, 0.3) is 0 Å². The molecule has 7 heteroatoms. The fourth-order valence-electron chi connectivity index (χ4n) is 2.04. The lowest BCUT2D eigenvalue weighted by Crippen LogP contribution is -2.42. The van der Waals surface area contributed by atoms with Gasteiger partial charge < -0.3 is 20.3 Å². The van der Waals surface area contributed by atoms with Crippen LogP contribution in [0, 0.1) is 11.8 Å². The molecule has 2 N–H and O–H groups in total. The molecule has 0 saturated heterocycles. The Hall–Kier alpha value is -1.50. The second-order valence-corrected chi connectivity index (χ2v) is 6.90. The molecule has 2 amide bonds. The maximum Gasteiger partial charge on any atom is 0.429 e. The Bertz CT molecular complexity index is 373. The molecule has 0 aromatic heterocycles. The predicted octanol–water partition coefficient (Wildman–Crippen LogP) is 4.24. The molecular weight excluding hydrogens is 322 g/mol. The summed E-state index contributed by atoms with van der Waals surface area (Å²) in [5.74, 6) is 0.889. The third kappa shape index (κ3) is 12.5. The average molecular weight is 360 g/mol. The maximum absolute atomic E-state index is 12.0. The van der Waals surface area contributed by atoms with Gasteiger partial charge in [0, 0.05) is 17.8 Å². The Morgan fingerprint density at radius 1 is 0.960 bits per heavy atom. The van der Waals surface area contributed by atoms with E-state index in [1.807, 2.05) is 20.8 Å². The van der Waals surface area contributed by atoms with Crippen molar-refractivity contribution in [3.05, 3.63) is 0 Å². The molecule has 0 aromatic carbocycles. The lowest BCUT2D eigenvalue weighted by molar-refractivity contribution is -0.297. The molecule has 0 rings (SSSR count). The van der Waals surface area contributed by atoms with Crippen molar-refractivity contribution in [1.82, 2.24) is 15.9 Å². The molecule has 0 aliphatic rings. The van der Waals surface area contributed by atoms with Crippen molar-refractivity contribution >= 4 is 12.2 Å². The molecular formula is C18H37N3O4. The van der Waals surface area contributed by atoms with Gasteiger partial charge in [-0.3, -0.25) is 0 Å². The van der Waals surface area contributed by atoms with Gasteiger partial charge in [0.2, 0.25) is 0 Å². The van der Waals surface area contributed by atoms with Crippen molar-refractivity contribution < 1.29 is 19.3 Å². The molecule has 7 nitrogen and oxygen atoms in total. The van der Waals surface area contributed by atoms with Crippen LogP contribution >= 0.6 is 0 Å². The minimum Gasteiger partial charge on any atom is -0.320 e. The van der Waals surface area contributed by atoms with Crippen LogP contribution in [0.1, 0.15) is 73.6 Å². The van der Waals surface area contributed by atoms with Crippen molar-refractivity contribution in [2.75, 3.05) is 13.1 Å². The van der Waals surface area contributed by atoms with E-state index in [9.17, 15) is 9.59 Å². The van der Waals surface area contributed by atoms with E-state index >= 15 is 0 Å². The van der Waals surface area contributed by atoms with Crippen LogP contribution in [0.3, 0.4) is 0 Å². The molecule has 0 spiro atoms. The average Bonchev–Trinajstić information content (AvgIpc) is 2.56. The number of carbonyl (C=O) groups excluding carboxylic acids is 2. The minimum atomic E-state index is -0.611. The zero-order valence-electron chi connectivity index (χ0n) is 16.8. The smallest absolute Gasteiger partial charge is 0.320 e. The number of nitrogens with zero attached hydrogens (tertiary/aromatic N) is 1. The summed E-state index contributed by atoms with van der Waals surface area (Å²) in [5, 5.41) is 6.43. The molecule has 0 aromatic rings. The van der Waals surface area contributed by atoms with Gasteiger partial charge in [0.1, 0.15) is 0 Å². The molecule has 0 aliphatic heterocycles. The first-order valence-electron chi connectivity index (χ1n) is 9.53. The lowest BCUT2D eigenvalue weighted by atomic mass is 10.1. The second kappa shape index (κ2) is 13.8. The SMILES string of the molecule is CCC(C)CNC(=O)ON(CCCC(C)C)OC(=O)NC(CC)CC. The van der Waals surface area contributed by atoms with E-state index in [0.717, 1.165) is 37.3 Å². The maximum atomic E-state index is 12.0. The van der Waals surface area contributed by atoms with Gasteiger partial charge in [-0.2, -0.15) is 0 Å². The predicted molar refractivity (Wildman–Crippen MR) is 98.7 cm³/mol. The summed E-state index contributed by atoms with van der Waals surface area (Å²) in [7, 11) is 0. The largest absolute Gasteiger partial charge is 0.429 e. The monoisotopic (exact) mass is 359 g/mol. The van der Waals surface area contributed by atoms with Gasteiger partial charge in [-0.25, -0.2) is 9.59 Å². The van der Waals surface area contributed by atoms with Crippen LogP contribution in [-0.4, -0.2) is 36.5 Å². The van der Waals surface area contributed by atoms with Crippen LogP contribution in [0.5, 0.6) is 0 Å². The van der Waals surface area contributed by atoms with Gasteiger partial charge in [-0.05, 0) is 37.5 Å². The molecule has 25 heavy (non-hydrogen) atoms. The number of hydrogen-bond acceptors (Lipinski definition) is 5. The van der Waals surface area contributed by atoms with E-state index in [-0.39, 0.29) is 6.04 Å². The van der Waals surface area contributed by atoms with Crippen LogP contribution < -0.4 is 10.6 Å². The third-order valence-electron chi connectivity index (χ3n) is 4.09. The highest BCUT2D eigenvalue weighted by atomic mass is 17.0. The molecule has 0 fully saturated rings. The number of hydroxylamine groups is 2. The van der Waals surface area contributed by atoms with Gasteiger partial charge in [-0.1, -0.05) is 48.0 Å². The molecule has 0 radical (unpaired) electrons. The molecule has 0 saturated carbocycles. The number of nitrogens with one attached hydrogen (secondary N) is 2. The quantitative estimate of drug-likeness (QED) is 0.509. The summed E-state index contributed by atoms with van der Waals surface area (Å²) in [6, 6.07) is 0.0456. The van der Waals surface area contributed by atoms with Crippen LogP contribution in [0.2, 0.25) is 0 Å². The van der Waals surface area contributed by atoms with Gasteiger partial charge in [0.25, 0.3) is 0 Å². The van der Waals surface area contributed by atoms with Crippen molar-refractivity contribution in [3.63, 3.8) is 0 Å². The number of amides is 2. The summed E-state index contributed by atoms with van der Waals surface area (Å²) < 4.78 is 0. The van der Waals surface area contributed by atoms with Gasteiger partial charge in [0.15, 0.2) is 0 Å². The summed E-state index contributed by atoms with van der Waals surface area (Å²) in [4.78, 5) is 34.2. The minimum absolute atomic E-state index is 0.0456. The van der Waals surface area contributed by atoms with Crippen LogP contribution in [-0.2, 0) is 9.68 Å². The highest BCUT2D eigenvalue weighted by molar-refractivity contribution is 5.68. The zero-order valence-corrected chi connectivity index (χ0v) is 16.8. The Labute approximate surface area is 152 Å². The number of carbonyl (C=O) groups is 2. The Morgan fingerprint density at radius 2 is 1.56 bits per heavy atom. The van der Waals surface area contributed by atoms with Crippen molar-refractivity contribution in [1.29, 1.82) is 0 Å². The van der Waals surface area contributed by atoms with E-state index < -0.39 is 12.2 Å². The van der Waals surface area contributed by atoms with E-state index in [1.165, 1.54) is 0 Å². The Kier molecular flexibility index (Phi) is 12.9. The van der Waals surface area contributed by atoms with Crippen molar-refractivity contribution in [2.24, 2.45) is 11.8 Å². The molecule has 0 aliphatic carbocycles. The van der Waals surface area contributed by atoms with Crippen LogP contribution in [0.4, 0.5) is 9.59 Å². The molecule has 0 bridgehead atoms. The lowest BCUT2D eigenvalue weighted by Gasteiger charge is -2.22. The third-order valence-corrected chi connectivity index (χ3v) is 4.09. The van der Waals surface area contributed by atoms with E-state index in [1.54, 1.807) is 0 Å². The van der Waals surface area contributed by atoms with Gasteiger partial charge in [-0.15, -0.1) is 0 Å². The van der Waals surface area contributed by atoms with E-state index in [4.69, 9.17) is 9.68 Å². The van der Waals surface area contributed by atoms with Crippen LogP contribution in [0.15, 0.2) is 0 Å². The molecule has 1 atom stereocenters. The molecule has 0 heterocycles. The zero-order chi connectivity index (χ0) is 19.2. The summed E-state index contributed by atoms with van der Waals surface area (Å²) >= 11 is 0. The highest BCUT2D eigenvalue weighted by Gasteiger charge is 2.19. The van der Waals surface area contributed by atoms with E-state index in [0.29, 0.717) is 24.9 Å². The molecule has 1 unspecified atom stereocenters. The van der Waals surface area contributed by atoms with Gasteiger partial charge >= 0.3 is 12.2 Å². The first kappa shape index (κ1) is 23.5. The number of rotatable bonds is 12. The fraction of sp³-hybridized carbons (Fsp3) is 0.889. The topological polar surface area (TPSA) is 79.9 Å². The summed E-state index contributed by atoms with van der Waals surface area (Å²) in [6.45, 7) is 13.2. The summed E-state index contributed by atoms with van der Waals surface area (Å²) in [6.07, 6.45) is 3.09. The van der Waals surface area contributed by atoms with Crippen molar-refractivity contribution in [3.8, 4) is 0 Å². The Morgan fingerprint density at radius 3 is 2.08 bits per heavy atom. The Balaban J connectivity index is 4.52. The fourth-order valence-corrected chi connectivity index (χ4v) is 2.04. The molecule has 148 valence electrons. The second-order valence-electron chi connectivity index (χ2n) is 6.90. The summed E-state index contributed by atoms with van der Waals surface area (Å²) in [5.41, 5.74) is 0. The van der Waals surface area contributed by atoms with Gasteiger partial charge in [0.05, 0.1) is 6.54 Å². The first-order chi connectivity index (χ1) is 11.8. The number of hydrogen-bond donors (Lipinski definition) is 2. The standard InChI is InChI=1S/C18H37N3O4/c1-7-15(6)13-19-17(22)24-21(12-10-11-14(4)5)25-18(23)20-16(8-2)9-3/h14-16H,7-13H2,1-6H3,(H,19,22)(H,20,23). The van der Waals surface area contributed by atoms with Crippen molar-refractivity contribution in [2.45, 2.75) is 79.7 Å². The normalized spacial score (nSPS) is 12.4.